The van der Waals surface area contributed by atoms with Gasteiger partial charge in [0.1, 0.15) is 11.5 Å². The highest BCUT2D eigenvalue weighted by molar-refractivity contribution is 5.91. The van der Waals surface area contributed by atoms with E-state index in [9.17, 15) is 13.6 Å². The molecule has 19 heavy (non-hydrogen) atoms. The van der Waals surface area contributed by atoms with Crippen LogP contribution < -0.4 is 11.1 Å². The van der Waals surface area contributed by atoms with Gasteiger partial charge in [-0.1, -0.05) is 12.1 Å². The van der Waals surface area contributed by atoms with E-state index in [0.29, 0.717) is 5.82 Å². The minimum atomic E-state index is -0.904. The molecule has 0 aliphatic carbocycles. The third-order valence-electron chi connectivity index (χ3n) is 2.62. The van der Waals surface area contributed by atoms with Crippen LogP contribution in [0.5, 0.6) is 0 Å². The lowest BCUT2D eigenvalue weighted by molar-refractivity contribution is 0.0991. The molecule has 1 amide bonds. The Labute approximate surface area is 108 Å². The fourth-order valence-electron chi connectivity index (χ4n) is 1.66. The molecule has 0 radical (unpaired) electrons. The van der Waals surface area contributed by atoms with Gasteiger partial charge in [0.25, 0.3) is 5.91 Å². The molecule has 100 valence electrons. The van der Waals surface area contributed by atoms with Gasteiger partial charge in [-0.25, -0.2) is 8.78 Å². The second-order valence-electron chi connectivity index (χ2n) is 3.97. The Hall–Kier alpha value is -2.44. The molecule has 0 saturated carbocycles. The number of anilines is 1. The summed E-state index contributed by atoms with van der Waals surface area (Å²) in [5.74, 6) is -2.06. The van der Waals surface area contributed by atoms with Gasteiger partial charge in [-0.2, -0.15) is 5.10 Å². The van der Waals surface area contributed by atoms with Gasteiger partial charge in [-0.05, 0) is 6.07 Å². The third-order valence-corrected chi connectivity index (χ3v) is 2.62. The number of carbonyl (C=O) groups excluding carboxylic acids is 1. The van der Waals surface area contributed by atoms with E-state index in [1.165, 1.54) is 22.9 Å². The quantitative estimate of drug-likeness (QED) is 0.878. The zero-order chi connectivity index (χ0) is 14.0. The van der Waals surface area contributed by atoms with Gasteiger partial charge in [-0.3, -0.25) is 9.48 Å². The second-order valence-corrected chi connectivity index (χ2v) is 3.97. The van der Waals surface area contributed by atoms with Crippen LogP contribution in [0.2, 0.25) is 0 Å². The maximum absolute atomic E-state index is 13.4. The molecule has 0 fully saturated rings. The predicted molar refractivity (Wildman–Crippen MR) is 65.4 cm³/mol. The molecule has 1 aromatic heterocycles. The average molecular weight is 266 g/mol. The predicted octanol–water partition coefficient (Wildman–Crippen LogP) is 1.41. The van der Waals surface area contributed by atoms with Crippen molar-refractivity contribution < 1.29 is 13.6 Å². The van der Waals surface area contributed by atoms with E-state index < -0.39 is 17.5 Å². The number of aromatic nitrogens is 2. The van der Waals surface area contributed by atoms with E-state index in [1.807, 2.05) is 0 Å². The highest BCUT2D eigenvalue weighted by atomic mass is 19.2. The summed E-state index contributed by atoms with van der Waals surface area (Å²) in [7, 11) is 1.56. The number of nitrogens with one attached hydrogen (secondary N) is 1. The first kappa shape index (κ1) is 13.0. The fourth-order valence-corrected chi connectivity index (χ4v) is 1.66. The number of primary amides is 1. The highest BCUT2D eigenvalue weighted by Gasteiger charge is 2.11. The van der Waals surface area contributed by atoms with Crippen LogP contribution in [0.3, 0.4) is 0 Å². The summed E-state index contributed by atoms with van der Waals surface area (Å²) < 4.78 is 27.7. The first-order chi connectivity index (χ1) is 8.99. The van der Waals surface area contributed by atoms with Crippen molar-refractivity contribution in [2.75, 3.05) is 5.32 Å². The Balaban J connectivity index is 2.13. The monoisotopic (exact) mass is 266 g/mol. The van der Waals surface area contributed by atoms with E-state index >= 15 is 0 Å². The Morgan fingerprint density at radius 1 is 1.47 bits per heavy atom. The molecule has 0 spiro atoms. The first-order valence-electron chi connectivity index (χ1n) is 5.49. The summed E-state index contributed by atoms with van der Waals surface area (Å²) in [6.07, 6.45) is 0. The molecule has 0 saturated heterocycles. The van der Waals surface area contributed by atoms with E-state index in [-0.39, 0.29) is 17.8 Å². The van der Waals surface area contributed by atoms with Crippen LogP contribution in [0.4, 0.5) is 14.6 Å². The van der Waals surface area contributed by atoms with E-state index in [1.54, 1.807) is 7.05 Å². The van der Waals surface area contributed by atoms with Crippen molar-refractivity contribution in [3.05, 3.63) is 47.2 Å². The maximum atomic E-state index is 13.4. The topological polar surface area (TPSA) is 72.9 Å². The summed E-state index contributed by atoms with van der Waals surface area (Å²) in [5.41, 5.74) is 5.54. The molecule has 1 heterocycles. The van der Waals surface area contributed by atoms with Gasteiger partial charge >= 0.3 is 0 Å². The van der Waals surface area contributed by atoms with Crippen LogP contribution in [-0.2, 0) is 13.6 Å². The molecule has 0 aliphatic heterocycles. The van der Waals surface area contributed by atoms with E-state index in [4.69, 9.17) is 5.73 Å². The molecule has 3 N–H and O–H groups in total. The number of nitrogens with zero attached hydrogens (tertiary/aromatic N) is 2. The van der Waals surface area contributed by atoms with Crippen molar-refractivity contribution in [3.63, 3.8) is 0 Å². The van der Waals surface area contributed by atoms with Gasteiger partial charge in [-0.15, -0.1) is 0 Å². The van der Waals surface area contributed by atoms with Crippen LogP contribution in [0.1, 0.15) is 16.1 Å². The molecular formula is C12H12F2N4O. The molecular weight excluding hydrogens is 254 g/mol. The first-order valence-corrected chi connectivity index (χ1v) is 5.49. The van der Waals surface area contributed by atoms with E-state index in [2.05, 4.69) is 10.4 Å². The minimum Gasteiger partial charge on any atom is -0.364 e. The molecule has 5 nitrogen and oxygen atoms in total. The van der Waals surface area contributed by atoms with E-state index in [0.717, 1.165) is 6.07 Å². The molecule has 0 aliphatic rings. The number of amides is 1. The molecule has 1 aromatic carbocycles. The summed E-state index contributed by atoms with van der Waals surface area (Å²) in [6.45, 7) is 0.0544. The van der Waals surface area contributed by atoms with Crippen molar-refractivity contribution in [3.8, 4) is 0 Å². The average Bonchev–Trinajstić information content (AvgIpc) is 2.73. The Morgan fingerprint density at radius 2 is 2.21 bits per heavy atom. The zero-order valence-corrected chi connectivity index (χ0v) is 10.2. The molecule has 7 heteroatoms. The van der Waals surface area contributed by atoms with Gasteiger partial charge in [0.2, 0.25) is 0 Å². The Bertz CT molecular complexity index is 624. The van der Waals surface area contributed by atoms with Gasteiger partial charge in [0.15, 0.2) is 11.6 Å². The molecule has 2 rings (SSSR count). The third kappa shape index (κ3) is 2.70. The van der Waals surface area contributed by atoms with Crippen molar-refractivity contribution >= 4 is 11.7 Å². The van der Waals surface area contributed by atoms with Crippen LogP contribution in [-0.4, -0.2) is 15.7 Å². The second kappa shape index (κ2) is 5.05. The zero-order valence-electron chi connectivity index (χ0n) is 10.2. The number of hydrogen-bond acceptors (Lipinski definition) is 3. The molecule has 0 bridgehead atoms. The van der Waals surface area contributed by atoms with Gasteiger partial charge < -0.3 is 11.1 Å². The number of benzene rings is 1. The normalized spacial score (nSPS) is 10.5. The number of hydrogen-bond donors (Lipinski definition) is 2. The lowest BCUT2D eigenvalue weighted by Gasteiger charge is -2.04. The number of aryl methyl sites for hydroxylation is 1. The SMILES string of the molecule is Cn1nc(NCc2cccc(F)c2F)cc1C(N)=O. The summed E-state index contributed by atoms with van der Waals surface area (Å²) in [5, 5.41) is 6.79. The standard InChI is InChI=1S/C12H12F2N4O/c1-18-9(12(15)19)5-10(17-18)16-6-7-3-2-4-8(13)11(7)14/h2-5H,6H2,1H3,(H2,15,19)(H,16,17). The number of carbonyl (C=O) groups is 1. The van der Waals surface area contributed by atoms with Crippen molar-refractivity contribution in [2.45, 2.75) is 6.54 Å². The largest absolute Gasteiger partial charge is 0.364 e. The van der Waals surface area contributed by atoms with Crippen LogP contribution in [0.25, 0.3) is 0 Å². The summed E-state index contributed by atoms with van der Waals surface area (Å²) >= 11 is 0. The highest BCUT2D eigenvalue weighted by Crippen LogP contribution is 2.14. The van der Waals surface area contributed by atoms with Gasteiger partial charge in [0.05, 0.1) is 0 Å². The molecule has 0 unspecified atom stereocenters. The maximum Gasteiger partial charge on any atom is 0.267 e. The fraction of sp³-hybridized carbons (Fsp3) is 0.167. The number of nitrogens with two attached hydrogens (primary N) is 1. The van der Waals surface area contributed by atoms with Crippen molar-refractivity contribution in [1.82, 2.24) is 9.78 Å². The molecule has 0 atom stereocenters. The van der Waals surface area contributed by atoms with Crippen molar-refractivity contribution in [2.24, 2.45) is 12.8 Å². The Morgan fingerprint density at radius 3 is 2.84 bits per heavy atom. The molecule has 2 aromatic rings. The van der Waals surface area contributed by atoms with Crippen LogP contribution in [0.15, 0.2) is 24.3 Å². The number of rotatable bonds is 4. The lowest BCUT2D eigenvalue weighted by Crippen LogP contribution is -2.15. The van der Waals surface area contributed by atoms with Crippen LogP contribution in [0, 0.1) is 11.6 Å². The number of halogens is 2. The summed E-state index contributed by atoms with van der Waals surface area (Å²) in [6, 6.07) is 5.37. The summed E-state index contributed by atoms with van der Waals surface area (Å²) in [4.78, 5) is 11.0. The van der Waals surface area contributed by atoms with Crippen molar-refractivity contribution in [1.29, 1.82) is 0 Å². The smallest absolute Gasteiger partial charge is 0.267 e. The lowest BCUT2D eigenvalue weighted by atomic mass is 10.2. The van der Waals surface area contributed by atoms with Gasteiger partial charge in [0, 0.05) is 25.2 Å². The minimum absolute atomic E-state index is 0.0544. The Kier molecular flexibility index (Phi) is 3.46. The van der Waals surface area contributed by atoms with Crippen LogP contribution >= 0.6 is 0 Å².